The minimum atomic E-state index is -4.26. The van der Waals surface area contributed by atoms with Gasteiger partial charge in [-0.15, -0.1) is 0 Å². The van der Waals surface area contributed by atoms with Crippen LogP contribution < -0.4 is 5.32 Å². The fourth-order valence-electron chi connectivity index (χ4n) is 3.07. The van der Waals surface area contributed by atoms with Gasteiger partial charge in [0, 0.05) is 12.1 Å². The largest absolute Gasteiger partial charge is 0.401 e. The third-order valence-corrected chi connectivity index (χ3v) is 4.45. The second kappa shape index (κ2) is 8.78. The molecule has 0 aliphatic carbocycles. The third-order valence-electron chi connectivity index (χ3n) is 4.45. The van der Waals surface area contributed by atoms with Crippen LogP contribution in [0.5, 0.6) is 0 Å². The predicted octanol–water partition coefficient (Wildman–Crippen LogP) is 3.95. The maximum Gasteiger partial charge on any atom is 0.401 e. The van der Waals surface area contributed by atoms with Crippen LogP contribution in [0.2, 0.25) is 0 Å². The summed E-state index contributed by atoms with van der Waals surface area (Å²) in [6.07, 6.45) is -3.91. The standard InChI is InChI=1S/C20H20F4N4O2/c1-12-17-15(18(29)25-8-3-9-28(2)11-20(22,23)24)10-16(26-19(17)30-27-12)13-4-6-14(21)7-5-13/h4-7,10H,3,8-9,11H2,1-2H3,(H,25,29). The summed E-state index contributed by atoms with van der Waals surface area (Å²) in [6, 6.07) is 7.19. The van der Waals surface area contributed by atoms with Crippen LogP contribution in [0.1, 0.15) is 22.5 Å². The highest BCUT2D eigenvalue weighted by Gasteiger charge is 2.28. The molecule has 160 valence electrons. The molecule has 6 nitrogen and oxygen atoms in total. The van der Waals surface area contributed by atoms with E-state index in [1.165, 1.54) is 31.3 Å². The highest BCUT2D eigenvalue weighted by molar-refractivity contribution is 6.06. The molecule has 0 aliphatic rings. The van der Waals surface area contributed by atoms with E-state index in [1.807, 2.05) is 0 Å². The Morgan fingerprint density at radius 1 is 1.23 bits per heavy atom. The number of carbonyl (C=O) groups excluding carboxylic acids is 1. The van der Waals surface area contributed by atoms with E-state index in [0.717, 1.165) is 4.90 Å². The van der Waals surface area contributed by atoms with E-state index in [9.17, 15) is 22.4 Å². The number of hydrogen-bond acceptors (Lipinski definition) is 5. The van der Waals surface area contributed by atoms with Gasteiger partial charge in [0.05, 0.1) is 28.9 Å². The van der Waals surface area contributed by atoms with Crippen molar-refractivity contribution in [3.63, 3.8) is 0 Å². The maximum absolute atomic E-state index is 13.2. The van der Waals surface area contributed by atoms with E-state index < -0.39 is 24.4 Å². The molecule has 1 N–H and O–H groups in total. The first-order valence-electron chi connectivity index (χ1n) is 9.20. The van der Waals surface area contributed by atoms with Crippen LogP contribution in [-0.2, 0) is 0 Å². The van der Waals surface area contributed by atoms with Crippen molar-refractivity contribution in [3.05, 3.63) is 47.4 Å². The molecule has 10 heteroatoms. The van der Waals surface area contributed by atoms with E-state index in [2.05, 4.69) is 15.5 Å². The summed E-state index contributed by atoms with van der Waals surface area (Å²) in [5.41, 5.74) is 1.94. The minimum absolute atomic E-state index is 0.171. The molecule has 1 aromatic carbocycles. The SMILES string of the molecule is Cc1noc2nc(-c3ccc(F)cc3)cc(C(=O)NCCCN(C)CC(F)(F)F)c12. The van der Waals surface area contributed by atoms with Crippen molar-refractivity contribution in [2.75, 3.05) is 26.7 Å². The second-order valence-corrected chi connectivity index (χ2v) is 6.97. The summed E-state index contributed by atoms with van der Waals surface area (Å²) >= 11 is 0. The van der Waals surface area contributed by atoms with Crippen LogP contribution in [0, 0.1) is 12.7 Å². The Hall–Kier alpha value is -3.01. The van der Waals surface area contributed by atoms with Crippen LogP contribution >= 0.6 is 0 Å². The van der Waals surface area contributed by atoms with Gasteiger partial charge in [-0.1, -0.05) is 5.16 Å². The molecule has 0 fully saturated rings. The van der Waals surface area contributed by atoms with E-state index in [4.69, 9.17) is 4.52 Å². The minimum Gasteiger partial charge on any atom is -0.352 e. The smallest absolute Gasteiger partial charge is 0.352 e. The van der Waals surface area contributed by atoms with Crippen molar-refractivity contribution in [2.45, 2.75) is 19.5 Å². The van der Waals surface area contributed by atoms with Gasteiger partial charge < -0.3 is 9.84 Å². The van der Waals surface area contributed by atoms with Crippen LogP contribution in [-0.4, -0.2) is 53.8 Å². The Balaban J connectivity index is 1.74. The van der Waals surface area contributed by atoms with Gasteiger partial charge in [-0.3, -0.25) is 9.69 Å². The zero-order valence-corrected chi connectivity index (χ0v) is 16.4. The summed E-state index contributed by atoms with van der Waals surface area (Å²) in [5.74, 6) is -0.820. The lowest BCUT2D eigenvalue weighted by Gasteiger charge is -2.18. The highest BCUT2D eigenvalue weighted by atomic mass is 19.4. The number of halogens is 4. The Morgan fingerprint density at radius 2 is 1.93 bits per heavy atom. The first kappa shape index (κ1) is 21.7. The molecular formula is C20H20F4N4O2. The average molecular weight is 424 g/mol. The van der Waals surface area contributed by atoms with Crippen molar-refractivity contribution >= 4 is 17.0 Å². The molecule has 30 heavy (non-hydrogen) atoms. The fraction of sp³-hybridized carbons (Fsp3) is 0.350. The molecule has 0 saturated carbocycles. The molecule has 3 aromatic rings. The van der Waals surface area contributed by atoms with Gasteiger partial charge in [-0.2, -0.15) is 13.2 Å². The van der Waals surface area contributed by atoms with Crippen LogP contribution in [0.3, 0.4) is 0 Å². The monoisotopic (exact) mass is 424 g/mol. The fourth-order valence-corrected chi connectivity index (χ4v) is 3.07. The lowest BCUT2D eigenvalue weighted by molar-refractivity contribution is -0.143. The number of nitrogens with zero attached hydrogens (tertiary/aromatic N) is 3. The number of nitrogens with one attached hydrogen (secondary N) is 1. The van der Waals surface area contributed by atoms with Crippen molar-refractivity contribution < 1.29 is 26.9 Å². The molecule has 3 rings (SSSR count). The predicted molar refractivity (Wildman–Crippen MR) is 102 cm³/mol. The molecule has 0 aliphatic heterocycles. The molecule has 1 amide bonds. The molecule has 0 atom stereocenters. The Kier molecular flexibility index (Phi) is 6.35. The van der Waals surface area contributed by atoms with Gasteiger partial charge in [0.2, 0.25) is 0 Å². The molecule has 0 spiro atoms. The van der Waals surface area contributed by atoms with Crippen molar-refractivity contribution in [3.8, 4) is 11.3 Å². The Morgan fingerprint density at radius 3 is 2.60 bits per heavy atom. The maximum atomic E-state index is 13.2. The molecule has 0 radical (unpaired) electrons. The normalized spacial score (nSPS) is 12.0. The van der Waals surface area contributed by atoms with Gasteiger partial charge in [0.25, 0.3) is 11.6 Å². The van der Waals surface area contributed by atoms with Crippen molar-refractivity contribution in [2.24, 2.45) is 0 Å². The van der Waals surface area contributed by atoms with Gasteiger partial charge in [-0.25, -0.2) is 9.37 Å². The number of aryl methyl sites for hydroxylation is 1. The van der Waals surface area contributed by atoms with Crippen molar-refractivity contribution in [1.82, 2.24) is 20.4 Å². The van der Waals surface area contributed by atoms with Crippen LogP contribution in [0.25, 0.3) is 22.4 Å². The van der Waals surface area contributed by atoms with Crippen LogP contribution in [0.4, 0.5) is 17.6 Å². The average Bonchev–Trinajstić information content (AvgIpc) is 3.04. The second-order valence-electron chi connectivity index (χ2n) is 6.97. The first-order valence-corrected chi connectivity index (χ1v) is 9.20. The van der Waals surface area contributed by atoms with E-state index in [-0.39, 0.29) is 24.4 Å². The van der Waals surface area contributed by atoms with Crippen molar-refractivity contribution in [1.29, 1.82) is 0 Å². The summed E-state index contributed by atoms with van der Waals surface area (Å²) in [7, 11) is 1.37. The number of alkyl halides is 3. The number of benzene rings is 1. The lowest BCUT2D eigenvalue weighted by atomic mass is 10.0. The molecular weight excluding hydrogens is 404 g/mol. The van der Waals surface area contributed by atoms with E-state index in [0.29, 0.717) is 28.8 Å². The third kappa shape index (κ3) is 5.32. The molecule has 0 saturated heterocycles. The summed E-state index contributed by atoms with van der Waals surface area (Å²) in [5, 5.41) is 7.01. The van der Waals surface area contributed by atoms with E-state index in [1.54, 1.807) is 13.0 Å². The molecule has 2 aromatic heterocycles. The van der Waals surface area contributed by atoms with Gasteiger partial charge in [0.15, 0.2) is 0 Å². The first-order chi connectivity index (χ1) is 14.1. The number of pyridine rings is 1. The number of fused-ring (bicyclic) bond motifs is 1. The number of amides is 1. The molecule has 2 heterocycles. The van der Waals surface area contributed by atoms with E-state index >= 15 is 0 Å². The Labute approximate surface area is 169 Å². The van der Waals surface area contributed by atoms with Gasteiger partial charge in [-0.05, 0) is 57.3 Å². The van der Waals surface area contributed by atoms with Gasteiger partial charge in [0.1, 0.15) is 5.82 Å². The molecule has 0 unspecified atom stereocenters. The zero-order chi connectivity index (χ0) is 21.9. The molecule has 0 bridgehead atoms. The lowest BCUT2D eigenvalue weighted by Crippen LogP contribution is -2.33. The summed E-state index contributed by atoms with van der Waals surface area (Å²) in [6.45, 7) is 1.04. The number of aromatic nitrogens is 2. The van der Waals surface area contributed by atoms with Gasteiger partial charge >= 0.3 is 6.18 Å². The number of rotatable bonds is 7. The number of hydrogen-bond donors (Lipinski definition) is 1. The Bertz CT molecular complexity index is 1030. The zero-order valence-electron chi connectivity index (χ0n) is 16.4. The number of carbonyl (C=O) groups is 1. The summed E-state index contributed by atoms with van der Waals surface area (Å²) in [4.78, 5) is 18.3. The summed E-state index contributed by atoms with van der Waals surface area (Å²) < 4.78 is 55.5. The highest BCUT2D eigenvalue weighted by Crippen LogP contribution is 2.27. The quantitative estimate of drug-likeness (QED) is 0.459. The van der Waals surface area contributed by atoms with Crippen LogP contribution in [0.15, 0.2) is 34.9 Å². The topological polar surface area (TPSA) is 71.3 Å².